The number of para-hydroxylation sites is 1. The van der Waals surface area contributed by atoms with Crippen molar-refractivity contribution in [1.29, 1.82) is 0 Å². The topological polar surface area (TPSA) is 50.7 Å². The molecule has 1 aromatic carbocycles. The van der Waals surface area contributed by atoms with E-state index in [4.69, 9.17) is 0 Å². The van der Waals surface area contributed by atoms with Gasteiger partial charge in [0.25, 0.3) is 0 Å². The average Bonchev–Trinajstić information content (AvgIpc) is 2.85. The van der Waals surface area contributed by atoms with Crippen molar-refractivity contribution >= 4 is 39.3 Å². The molecular weight excluding hydrogens is 288 g/mol. The third-order valence-electron chi connectivity index (χ3n) is 2.72. The van der Waals surface area contributed by atoms with E-state index in [1.807, 2.05) is 38.2 Å². The van der Waals surface area contributed by atoms with Gasteiger partial charge in [-0.1, -0.05) is 12.1 Å². The summed E-state index contributed by atoms with van der Waals surface area (Å²) in [5.74, 6) is 0.668. The lowest BCUT2D eigenvalue weighted by atomic mass is 10.3. The lowest BCUT2D eigenvalue weighted by Gasteiger charge is -2.05. The van der Waals surface area contributed by atoms with Gasteiger partial charge in [0.1, 0.15) is 5.03 Å². The third kappa shape index (κ3) is 2.76. The van der Waals surface area contributed by atoms with E-state index in [1.165, 1.54) is 4.70 Å². The second kappa shape index (κ2) is 5.76. The number of hydrogen-bond donors (Lipinski definition) is 1. The van der Waals surface area contributed by atoms with Gasteiger partial charge in [0.2, 0.25) is 5.95 Å². The molecular formula is C14H14N4S2. The molecule has 1 N–H and O–H groups in total. The van der Waals surface area contributed by atoms with E-state index in [0.717, 1.165) is 27.0 Å². The maximum Gasteiger partial charge on any atom is 0.223 e. The molecule has 20 heavy (non-hydrogen) atoms. The largest absolute Gasteiger partial charge is 0.354 e. The van der Waals surface area contributed by atoms with Gasteiger partial charge in [-0.25, -0.2) is 15.0 Å². The van der Waals surface area contributed by atoms with E-state index in [2.05, 4.69) is 26.3 Å². The number of aromatic nitrogens is 3. The molecule has 2 aromatic heterocycles. The monoisotopic (exact) mass is 302 g/mol. The number of fused-ring (bicyclic) bond motifs is 1. The predicted molar refractivity (Wildman–Crippen MR) is 84.7 cm³/mol. The summed E-state index contributed by atoms with van der Waals surface area (Å²) in [6, 6.07) is 8.17. The van der Waals surface area contributed by atoms with Crippen molar-refractivity contribution in [3.8, 4) is 0 Å². The quantitative estimate of drug-likeness (QED) is 0.739. The van der Waals surface area contributed by atoms with Gasteiger partial charge in [-0.2, -0.15) is 0 Å². The minimum absolute atomic E-state index is 0.668. The summed E-state index contributed by atoms with van der Waals surface area (Å²) in [6.07, 6.45) is 1.85. The highest BCUT2D eigenvalue weighted by Crippen LogP contribution is 2.34. The van der Waals surface area contributed by atoms with Crippen molar-refractivity contribution in [2.75, 3.05) is 11.9 Å². The summed E-state index contributed by atoms with van der Waals surface area (Å²) in [5.41, 5.74) is 2.11. The maximum atomic E-state index is 4.63. The van der Waals surface area contributed by atoms with E-state index in [0.29, 0.717) is 5.95 Å². The molecule has 0 atom stereocenters. The summed E-state index contributed by atoms with van der Waals surface area (Å²) < 4.78 is 2.21. The van der Waals surface area contributed by atoms with E-state index >= 15 is 0 Å². The Bertz CT molecular complexity index is 706. The molecule has 0 aliphatic rings. The molecule has 3 aromatic rings. The molecule has 0 aliphatic heterocycles. The van der Waals surface area contributed by atoms with Crippen molar-refractivity contribution in [3.63, 3.8) is 0 Å². The lowest BCUT2D eigenvalue weighted by molar-refractivity contribution is 0.982. The Morgan fingerprint density at radius 1 is 1.25 bits per heavy atom. The van der Waals surface area contributed by atoms with Crippen molar-refractivity contribution in [1.82, 2.24) is 15.0 Å². The van der Waals surface area contributed by atoms with Crippen LogP contribution in [-0.4, -0.2) is 21.5 Å². The van der Waals surface area contributed by atoms with Gasteiger partial charge < -0.3 is 5.32 Å². The number of thiazole rings is 1. The fourth-order valence-corrected chi connectivity index (χ4v) is 3.78. The molecule has 2 heterocycles. The maximum absolute atomic E-state index is 4.63. The first-order chi connectivity index (χ1) is 9.76. The van der Waals surface area contributed by atoms with Gasteiger partial charge in [-0.3, -0.25) is 0 Å². The van der Waals surface area contributed by atoms with Crippen LogP contribution in [0.5, 0.6) is 0 Å². The Balaban J connectivity index is 1.91. The number of rotatable bonds is 4. The molecule has 0 aliphatic carbocycles. The number of anilines is 1. The van der Waals surface area contributed by atoms with Crippen molar-refractivity contribution in [2.24, 2.45) is 0 Å². The molecule has 0 fully saturated rings. The molecule has 0 radical (unpaired) electrons. The van der Waals surface area contributed by atoms with Crippen LogP contribution in [-0.2, 0) is 0 Å². The first-order valence-electron chi connectivity index (χ1n) is 6.37. The molecule has 6 heteroatoms. The number of aryl methyl sites for hydroxylation is 1. The molecule has 0 bridgehead atoms. The Labute approximate surface area is 125 Å². The summed E-state index contributed by atoms with van der Waals surface area (Å²) in [6.45, 7) is 4.86. The van der Waals surface area contributed by atoms with Crippen LogP contribution in [0.15, 0.2) is 39.8 Å². The fourth-order valence-electron chi connectivity index (χ4n) is 1.75. The van der Waals surface area contributed by atoms with Crippen LogP contribution < -0.4 is 5.32 Å². The molecule has 4 nitrogen and oxygen atoms in total. The molecule has 0 saturated heterocycles. The highest BCUT2D eigenvalue weighted by Gasteiger charge is 2.09. The van der Waals surface area contributed by atoms with Gasteiger partial charge in [0.15, 0.2) is 4.34 Å². The molecule has 0 amide bonds. The highest BCUT2D eigenvalue weighted by atomic mass is 32.2. The molecule has 3 rings (SSSR count). The van der Waals surface area contributed by atoms with Crippen molar-refractivity contribution in [3.05, 3.63) is 36.0 Å². The minimum Gasteiger partial charge on any atom is -0.354 e. The van der Waals surface area contributed by atoms with Gasteiger partial charge in [-0.05, 0) is 37.7 Å². The van der Waals surface area contributed by atoms with Crippen LogP contribution in [0.25, 0.3) is 10.2 Å². The minimum atomic E-state index is 0.668. The van der Waals surface area contributed by atoms with Gasteiger partial charge in [0.05, 0.1) is 10.2 Å². The molecule has 0 unspecified atom stereocenters. The SMILES string of the molecule is CCNc1ncc(C)c(Sc2nc3ccccc3s2)n1. The zero-order chi connectivity index (χ0) is 13.9. The number of nitrogens with one attached hydrogen (secondary N) is 1. The van der Waals surface area contributed by atoms with Crippen LogP contribution in [0.1, 0.15) is 12.5 Å². The summed E-state index contributed by atoms with van der Waals surface area (Å²) in [4.78, 5) is 13.4. The van der Waals surface area contributed by atoms with E-state index in [-0.39, 0.29) is 0 Å². The first kappa shape index (κ1) is 13.3. The standard InChI is InChI=1S/C14H14N4S2/c1-3-15-13-16-8-9(2)12(18-13)20-14-17-10-6-4-5-7-11(10)19-14/h4-8H,3H2,1-2H3,(H,15,16,18). The lowest BCUT2D eigenvalue weighted by Crippen LogP contribution is -2.03. The Hall–Kier alpha value is -1.66. The summed E-state index contributed by atoms with van der Waals surface area (Å²) in [5, 5.41) is 4.09. The number of benzene rings is 1. The van der Waals surface area contributed by atoms with E-state index in [9.17, 15) is 0 Å². The zero-order valence-electron chi connectivity index (χ0n) is 11.3. The Kier molecular flexibility index (Phi) is 3.84. The molecule has 102 valence electrons. The van der Waals surface area contributed by atoms with Crippen molar-refractivity contribution in [2.45, 2.75) is 23.2 Å². The van der Waals surface area contributed by atoms with Crippen LogP contribution in [0.4, 0.5) is 5.95 Å². The Morgan fingerprint density at radius 2 is 2.10 bits per heavy atom. The first-order valence-corrected chi connectivity index (χ1v) is 8.00. The summed E-state index contributed by atoms with van der Waals surface area (Å²) in [7, 11) is 0. The van der Waals surface area contributed by atoms with Crippen molar-refractivity contribution < 1.29 is 0 Å². The second-order valence-corrected chi connectivity index (χ2v) is 6.53. The third-order valence-corrected chi connectivity index (χ3v) is 4.92. The smallest absolute Gasteiger partial charge is 0.223 e. The van der Waals surface area contributed by atoms with Crippen LogP contribution in [0, 0.1) is 6.92 Å². The summed E-state index contributed by atoms with van der Waals surface area (Å²) >= 11 is 3.29. The van der Waals surface area contributed by atoms with E-state index in [1.54, 1.807) is 23.1 Å². The van der Waals surface area contributed by atoms with Crippen LogP contribution in [0.2, 0.25) is 0 Å². The Morgan fingerprint density at radius 3 is 2.90 bits per heavy atom. The second-order valence-electron chi connectivity index (χ2n) is 4.26. The average molecular weight is 302 g/mol. The highest BCUT2D eigenvalue weighted by molar-refractivity contribution is 8.01. The van der Waals surface area contributed by atoms with Gasteiger partial charge in [-0.15, -0.1) is 11.3 Å². The van der Waals surface area contributed by atoms with E-state index < -0.39 is 0 Å². The number of hydrogen-bond acceptors (Lipinski definition) is 6. The van der Waals surface area contributed by atoms with Gasteiger partial charge >= 0.3 is 0 Å². The normalized spacial score (nSPS) is 10.9. The number of nitrogens with zero attached hydrogens (tertiary/aromatic N) is 3. The molecule has 0 saturated carbocycles. The predicted octanol–water partition coefficient (Wildman–Crippen LogP) is 3.98. The van der Waals surface area contributed by atoms with Crippen LogP contribution in [0.3, 0.4) is 0 Å². The zero-order valence-corrected chi connectivity index (χ0v) is 12.9. The molecule has 0 spiro atoms. The van der Waals surface area contributed by atoms with Crippen LogP contribution >= 0.6 is 23.1 Å². The van der Waals surface area contributed by atoms with Gasteiger partial charge in [0, 0.05) is 18.3 Å². The fraction of sp³-hybridized carbons (Fsp3) is 0.214.